The van der Waals surface area contributed by atoms with Crippen LogP contribution in [0.5, 0.6) is 0 Å². The second-order valence-electron chi connectivity index (χ2n) is 8.07. The van der Waals surface area contributed by atoms with Crippen LogP contribution in [0.25, 0.3) is 0 Å². The Balaban J connectivity index is 1.19. The van der Waals surface area contributed by atoms with Crippen LogP contribution in [-0.2, 0) is 11.2 Å². The number of carbonyl (C=O) groups excluding carboxylic acids is 2. The lowest BCUT2D eigenvalue weighted by molar-refractivity contribution is -0.132. The highest BCUT2D eigenvalue weighted by Gasteiger charge is 2.36. The fraction of sp³-hybridized carbons (Fsp3) is 0.571. The van der Waals surface area contributed by atoms with Crippen molar-refractivity contribution in [1.29, 1.82) is 0 Å². The molecular weight excluding hydrogens is 358 g/mol. The van der Waals surface area contributed by atoms with Gasteiger partial charge < -0.3 is 19.2 Å². The predicted octanol–water partition coefficient (Wildman–Crippen LogP) is 3.05. The molecule has 1 aliphatic heterocycles. The maximum absolute atomic E-state index is 12.5. The molecule has 2 fully saturated rings. The number of piperidine rings is 1. The first-order valence-corrected chi connectivity index (χ1v) is 10.1. The molecule has 0 bridgehead atoms. The molecule has 28 heavy (non-hydrogen) atoms. The highest BCUT2D eigenvalue weighted by atomic mass is 16.5. The summed E-state index contributed by atoms with van der Waals surface area (Å²) in [6.45, 7) is 5.30. The third-order valence-electron chi connectivity index (χ3n) is 5.79. The van der Waals surface area contributed by atoms with Crippen LogP contribution in [0.15, 0.2) is 27.1 Å². The molecule has 1 aliphatic carbocycles. The minimum atomic E-state index is -0.222. The summed E-state index contributed by atoms with van der Waals surface area (Å²) < 4.78 is 10.8. The monoisotopic (exact) mass is 385 g/mol. The van der Waals surface area contributed by atoms with Crippen molar-refractivity contribution in [3.8, 4) is 0 Å². The SMILES string of the molecule is Cc1cc(C(=O)NC2CCN(C(=O)CCc3ccc([C@@H]4C[C@@H]4C)o3)CC2)no1. The van der Waals surface area contributed by atoms with Gasteiger partial charge in [-0.2, -0.15) is 0 Å². The molecule has 2 aromatic rings. The summed E-state index contributed by atoms with van der Waals surface area (Å²) in [4.78, 5) is 26.5. The molecule has 7 heteroatoms. The number of nitrogens with one attached hydrogen (secondary N) is 1. The Hall–Kier alpha value is -2.57. The lowest BCUT2D eigenvalue weighted by Gasteiger charge is -2.32. The molecule has 2 aliphatic rings. The fourth-order valence-electron chi connectivity index (χ4n) is 3.84. The van der Waals surface area contributed by atoms with Gasteiger partial charge in [-0.25, -0.2) is 0 Å². The molecule has 4 rings (SSSR count). The molecular formula is C21H27N3O4. The van der Waals surface area contributed by atoms with E-state index in [1.807, 2.05) is 11.0 Å². The summed E-state index contributed by atoms with van der Waals surface area (Å²) in [5.74, 6) is 3.78. The minimum absolute atomic E-state index is 0.0571. The van der Waals surface area contributed by atoms with E-state index in [0.717, 1.165) is 30.3 Å². The predicted molar refractivity (Wildman–Crippen MR) is 102 cm³/mol. The Labute approximate surface area is 164 Å². The van der Waals surface area contributed by atoms with Gasteiger partial charge in [0.05, 0.1) is 0 Å². The lowest BCUT2D eigenvalue weighted by Crippen LogP contribution is -2.46. The van der Waals surface area contributed by atoms with Crippen molar-refractivity contribution >= 4 is 11.8 Å². The number of rotatable bonds is 6. The highest BCUT2D eigenvalue weighted by Crippen LogP contribution is 2.47. The summed E-state index contributed by atoms with van der Waals surface area (Å²) in [5, 5.41) is 6.71. The smallest absolute Gasteiger partial charge is 0.273 e. The van der Waals surface area contributed by atoms with E-state index in [1.165, 1.54) is 6.42 Å². The molecule has 2 aromatic heterocycles. The molecule has 3 heterocycles. The maximum atomic E-state index is 12.5. The van der Waals surface area contributed by atoms with Gasteiger partial charge in [-0.1, -0.05) is 12.1 Å². The largest absolute Gasteiger partial charge is 0.466 e. The molecule has 2 amide bonds. The van der Waals surface area contributed by atoms with Crippen LogP contribution >= 0.6 is 0 Å². The molecule has 2 atom stereocenters. The highest BCUT2D eigenvalue weighted by molar-refractivity contribution is 5.92. The van der Waals surface area contributed by atoms with Gasteiger partial charge in [-0.3, -0.25) is 9.59 Å². The molecule has 7 nitrogen and oxygen atoms in total. The summed E-state index contributed by atoms with van der Waals surface area (Å²) in [7, 11) is 0. The second-order valence-corrected chi connectivity index (χ2v) is 8.07. The zero-order valence-corrected chi connectivity index (χ0v) is 16.4. The standard InChI is InChI=1S/C21H27N3O4/c1-13-11-17(13)19-5-3-16(27-19)4-6-20(25)24-9-7-15(8-10-24)22-21(26)18-12-14(2)28-23-18/h3,5,12-13,15,17H,4,6-11H2,1-2H3,(H,22,26)/t13-,17+/m0/s1. The quantitative estimate of drug-likeness (QED) is 0.826. The van der Waals surface area contributed by atoms with E-state index in [0.29, 0.717) is 43.3 Å². The molecule has 0 aromatic carbocycles. The van der Waals surface area contributed by atoms with Crippen molar-refractivity contribution in [2.24, 2.45) is 5.92 Å². The molecule has 0 radical (unpaired) electrons. The third kappa shape index (κ3) is 4.29. The van der Waals surface area contributed by atoms with Crippen molar-refractivity contribution in [1.82, 2.24) is 15.4 Å². The van der Waals surface area contributed by atoms with E-state index >= 15 is 0 Å². The summed E-state index contributed by atoms with van der Waals surface area (Å²) >= 11 is 0. The Kier molecular flexibility index (Phi) is 5.24. The number of aryl methyl sites for hydroxylation is 2. The molecule has 1 saturated heterocycles. The average Bonchev–Trinajstić information content (AvgIpc) is 3.08. The zero-order valence-electron chi connectivity index (χ0n) is 16.4. The number of aromatic nitrogens is 1. The number of hydrogen-bond acceptors (Lipinski definition) is 5. The van der Waals surface area contributed by atoms with Crippen molar-refractivity contribution in [2.75, 3.05) is 13.1 Å². The molecule has 1 N–H and O–H groups in total. The first-order chi connectivity index (χ1) is 13.5. The normalized spacial score (nSPS) is 22.3. The van der Waals surface area contributed by atoms with E-state index in [2.05, 4.69) is 23.5 Å². The number of likely N-dealkylation sites (tertiary alicyclic amines) is 1. The third-order valence-corrected chi connectivity index (χ3v) is 5.79. The van der Waals surface area contributed by atoms with Crippen molar-refractivity contribution in [2.45, 2.75) is 57.9 Å². The van der Waals surface area contributed by atoms with Gasteiger partial charge in [0, 0.05) is 44.0 Å². The minimum Gasteiger partial charge on any atom is -0.466 e. The van der Waals surface area contributed by atoms with Crippen LogP contribution in [0.4, 0.5) is 0 Å². The molecule has 0 unspecified atom stereocenters. The van der Waals surface area contributed by atoms with Gasteiger partial charge in [0.25, 0.3) is 5.91 Å². The van der Waals surface area contributed by atoms with Crippen LogP contribution in [0.1, 0.15) is 66.3 Å². The van der Waals surface area contributed by atoms with Crippen molar-refractivity contribution < 1.29 is 18.5 Å². The zero-order chi connectivity index (χ0) is 19.7. The fourth-order valence-corrected chi connectivity index (χ4v) is 3.84. The summed E-state index contributed by atoms with van der Waals surface area (Å²) in [6.07, 6.45) is 3.80. The van der Waals surface area contributed by atoms with Crippen LogP contribution < -0.4 is 5.32 Å². The van der Waals surface area contributed by atoms with E-state index in [-0.39, 0.29) is 17.9 Å². The number of hydrogen-bond donors (Lipinski definition) is 1. The first-order valence-electron chi connectivity index (χ1n) is 10.1. The van der Waals surface area contributed by atoms with Gasteiger partial charge in [0.1, 0.15) is 17.3 Å². The van der Waals surface area contributed by atoms with Gasteiger partial charge in [-0.05, 0) is 44.2 Å². The van der Waals surface area contributed by atoms with Crippen LogP contribution in [-0.4, -0.2) is 41.0 Å². The van der Waals surface area contributed by atoms with Crippen molar-refractivity contribution in [3.05, 3.63) is 41.2 Å². The molecule has 1 saturated carbocycles. The van der Waals surface area contributed by atoms with Crippen molar-refractivity contribution in [3.63, 3.8) is 0 Å². The Morgan fingerprint density at radius 2 is 2.04 bits per heavy atom. The number of amides is 2. The summed E-state index contributed by atoms with van der Waals surface area (Å²) in [6, 6.07) is 5.74. The number of nitrogens with zero attached hydrogens (tertiary/aromatic N) is 2. The number of furan rings is 1. The number of carbonyl (C=O) groups is 2. The van der Waals surface area contributed by atoms with E-state index in [9.17, 15) is 9.59 Å². The lowest BCUT2D eigenvalue weighted by atomic mass is 10.0. The summed E-state index contributed by atoms with van der Waals surface area (Å²) in [5.41, 5.74) is 0.300. The average molecular weight is 385 g/mol. The first kappa shape index (κ1) is 18.8. The van der Waals surface area contributed by atoms with E-state index in [4.69, 9.17) is 8.94 Å². The Morgan fingerprint density at radius 1 is 1.29 bits per heavy atom. The van der Waals surface area contributed by atoms with Gasteiger partial charge in [-0.15, -0.1) is 0 Å². The maximum Gasteiger partial charge on any atom is 0.273 e. The molecule has 150 valence electrons. The molecule has 0 spiro atoms. The van der Waals surface area contributed by atoms with E-state index in [1.54, 1.807) is 13.0 Å². The van der Waals surface area contributed by atoms with Crippen LogP contribution in [0.2, 0.25) is 0 Å². The van der Waals surface area contributed by atoms with E-state index < -0.39 is 0 Å². The Morgan fingerprint density at radius 3 is 2.68 bits per heavy atom. The topological polar surface area (TPSA) is 88.6 Å². The van der Waals surface area contributed by atoms with Crippen LogP contribution in [0.3, 0.4) is 0 Å². The van der Waals surface area contributed by atoms with Gasteiger partial charge >= 0.3 is 0 Å². The van der Waals surface area contributed by atoms with Gasteiger partial charge in [0.15, 0.2) is 5.69 Å². The van der Waals surface area contributed by atoms with Crippen LogP contribution in [0, 0.1) is 12.8 Å². The Bertz CT molecular complexity index is 847. The second kappa shape index (κ2) is 7.81. The van der Waals surface area contributed by atoms with Gasteiger partial charge in [0.2, 0.25) is 5.91 Å².